The Hall–Kier alpha value is -2.83. The van der Waals surface area contributed by atoms with Gasteiger partial charge in [-0.3, -0.25) is 0 Å². The van der Waals surface area contributed by atoms with Crippen LogP contribution in [0.4, 0.5) is 10.2 Å². The first-order valence-corrected chi connectivity index (χ1v) is 8.25. The summed E-state index contributed by atoms with van der Waals surface area (Å²) in [7, 11) is 3.92. The first kappa shape index (κ1) is 17.0. The Morgan fingerprint density at radius 1 is 1.16 bits per heavy atom. The first-order chi connectivity index (χ1) is 12.1. The predicted molar refractivity (Wildman–Crippen MR) is 94.9 cm³/mol. The van der Waals surface area contributed by atoms with Gasteiger partial charge in [-0.2, -0.15) is 4.39 Å². The van der Waals surface area contributed by atoms with Gasteiger partial charge in [0.1, 0.15) is 17.3 Å². The summed E-state index contributed by atoms with van der Waals surface area (Å²) in [5.41, 5.74) is 1.39. The van der Waals surface area contributed by atoms with Gasteiger partial charge in [0, 0.05) is 39.0 Å². The molecule has 0 aromatic carbocycles. The van der Waals surface area contributed by atoms with Crippen LogP contribution in [0.2, 0.25) is 0 Å². The molecule has 0 fully saturated rings. The highest BCUT2D eigenvalue weighted by atomic mass is 19.1. The number of hydrogen-bond acceptors (Lipinski definition) is 5. The predicted octanol–water partition coefficient (Wildman–Crippen LogP) is 2.94. The molecule has 0 aliphatic rings. The highest BCUT2D eigenvalue weighted by molar-refractivity contribution is 5.49. The average Bonchev–Trinajstić information content (AvgIpc) is 3.03. The Labute approximate surface area is 146 Å². The topological polar surface area (TPSA) is 59.7 Å². The van der Waals surface area contributed by atoms with E-state index in [0.29, 0.717) is 18.1 Å². The van der Waals surface area contributed by atoms with Gasteiger partial charge in [0.2, 0.25) is 5.95 Å². The first-order valence-electron chi connectivity index (χ1n) is 8.25. The van der Waals surface area contributed by atoms with E-state index in [1.807, 2.05) is 35.8 Å². The van der Waals surface area contributed by atoms with Crippen molar-refractivity contribution in [3.8, 4) is 11.5 Å². The lowest BCUT2D eigenvalue weighted by Gasteiger charge is -2.15. The fourth-order valence-corrected chi connectivity index (χ4v) is 2.56. The Balaban J connectivity index is 1.94. The molecule has 6 nitrogen and oxygen atoms in total. The number of halogens is 1. The van der Waals surface area contributed by atoms with Crippen LogP contribution in [0.3, 0.4) is 0 Å². The summed E-state index contributed by atoms with van der Waals surface area (Å²) in [4.78, 5) is 19.4. The van der Waals surface area contributed by atoms with Gasteiger partial charge in [0.25, 0.3) is 0 Å². The third-order valence-corrected chi connectivity index (χ3v) is 3.74. The molecule has 3 heterocycles. The third kappa shape index (κ3) is 3.99. The molecule has 3 aromatic heterocycles. The molecule has 3 aromatic rings. The molecule has 130 valence electrons. The molecule has 7 heteroatoms. The molecule has 0 spiro atoms. The van der Waals surface area contributed by atoms with E-state index in [-0.39, 0.29) is 0 Å². The summed E-state index contributed by atoms with van der Waals surface area (Å²) in [6.45, 7) is 2.63. The molecule has 0 unspecified atom stereocenters. The number of hydrogen-bond donors (Lipinski definition) is 0. The smallest absolute Gasteiger partial charge is 0.213 e. The summed E-state index contributed by atoms with van der Waals surface area (Å²) in [5.74, 6) is 1.80. The molecule has 0 aliphatic carbocycles. The van der Waals surface area contributed by atoms with Crippen LogP contribution in [0.15, 0.2) is 36.7 Å². The minimum Gasteiger partial charge on any atom is -0.363 e. The van der Waals surface area contributed by atoms with Crippen LogP contribution in [-0.2, 0) is 13.0 Å². The van der Waals surface area contributed by atoms with E-state index in [9.17, 15) is 4.39 Å². The van der Waals surface area contributed by atoms with E-state index < -0.39 is 5.95 Å². The lowest BCUT2D eigenvalue weighted by Crippen LogP contribution is -2.14. The number of anilines is 1. The second-order valence-corrected chi connectivity index (χ2v) is 6.00. The van der Waals surface area contributed by atoms with E-state index in [1.165, 1.54) is 6.07 Å². The Kier molecular flexibility index (Phi) is 5.02. The molecule has 0 saturated heterocycles. The SMILES string of the molecule is CCCc1nc(Cn2ccnc2-c2cccc(F)n2)cc(N(C)C)n1. The maximum Gasteiger partial charge on any atom is 0.213 e. The minimum absolute atomic E-state index is 0.501. The summed E-state index contributed by atoms with van der Waals surface area (Å²) in [5, 5.41) is 0. The molecule has 0 radical (unpaired) electrons. The van der Waals surface area contributed by atoms with E-state index in [0.717, 1.165) is 30.2 Å². The average molecular weight is 340 g/mol. The van der Waals surface area contributed by atoms with Crippen LogP contribution in [0, 0.1) is 5.95 Å². The zero-order valence-electron chi connectivity index (χ0n) is 14.6. The van der Waals surface area contributed by atoms with Crippen molar-refractivity contribution in [3.05, 3.63) is 54.1 Å². The summed E-state index contributed by atoms with van der Waals surface area (Å²) in [6, 6.07) is 6.66. The molecule has 0 bridgehead atoms. The van der Waals surface area contributed by atoms with Crippen molar-refractivity contribution in [2.24, 2.45) is 0 Å². The monoisotopic (exact) mass is 340 g/mol. The second kappa shape index (κ2) is 7.38. The van der Waals surface area contributed by atoms with Crippen LogP contribution in [0.5, 0.6) is 0 Å². The van der Waals surface area contributed by atoms with E-state index >= 15 is 0 Å². The summed E-state index contributed by atoms with van der Waals surface area (Å²) in [6.07, 6.45) is 5.35. The standard InChI is InChI=1S/C18H21FN6/c1-4-6-16-21-13(11-17(23-16)24(2)3)12-25-10-9-20-18(25)14-7-5-8-15(19)22-14/h5,7-11H,4,6,12H2,1-3H3. The molecule has 0 N–H and O–H groups in total. The number of rotatable bonds is 6. The van der Waals surface area contributed by atoms with Crippen molar-refractivity contribution in [1.29, 1.82) is 0 Å². The van der Waals surface area contributed by atoms with Gasteiger partial charge in [-0.25, -0.2) is 19.9 Å². The van der Waals surface area contributed by atoms with Crippen molar-refractivity contribution >= 4 is 5.82 Å². The fourth-order valence-electron chi connectivity index (χ4n) is 2.56. The Bertz CT molecular complexity index is 858. The van der Waals surface area contributed by atoms with Gasteiger partial charge in [-0.1, -0.05) is 13.0 Å². The second-order valence-electron chi connectivity index (χ2n) is 6.00. The largest absolute Gasteiger partial charge is 0.363 e. The van der Waals surface area contributed by atoms with Crippen molar-refractivity contribution in [3.63, 3.8) is 0 Å². The molecule has 25 heavy (non-hydrogen) atoms. The Morgan fingerprint density at radius 3 is 2.72 bits per heavy atom. The maximum absolute atomic E-state index is 13.4. The van der Waals surface area contributed by atoms with Crippen LogP contribution < -0.4 is 4.90 Å². The molecule has 0 aliphatic heterocycles. The number of pyridine rings is 1. The zero-order chi connectivity index (χ0) is 17.8. The normalized spacial score (nSPS) is 10.9. The highest BCUT2D eigenvalue weighted by Gasteiger charge is 2.11. The van der Waals surface area contributed by atoms with Gasteiger partial charge in [-0.05, 0) is 18.6 Å². The molecule has 3 rings (SSSR count). The molecule has 0 saturated carbocycles. The van der Waals surface area contributed by atoms with Gasteiger partial charge in [0.15, 0.2) is 5.82 Å². The van der Waals surface area contributed by atoms with Gasteiger partial charge in [-0.15, -0.1) is 0 Å². The maximum atomic E-state index is 13.4. The quantitative estimate of drug-likeness (QED) is 0.646. The van der Waals surface area contributed by atoms with Gasteiger partial charge < -0.3 is 9.47 Å². The Morgan fingerprint density at radius 2 is 2.00 bits per heavy atom. The highest BCUT2D eigenvalue weighted by Crippen LogP contribution is 2.18. The van der Waals surface area contributed by atoms with Crippen molar-refractivity contribution < 1.29 is 4.39 Å². The van der Waals surface area contributed by atoms with E-state index in [1.54, 1.807) is 18.3 Å². The molecule has 0 atom stereocenters. The van der Waals surface area contributed by atoms with Crippen molar-refractivity contribution in [2.45, 2.75) is 26.3 Å². The number of aromatic nitrogens is 5. The lowest BCUT2D eigenvalue weighted by atomic mass is 10.3. The van der Waals surface area contributed by atoms with Crippen LogP contribution in [-0.4, -0.2) is 38.6 Å². The molecule has 0 amide bonds. The number of aryl methyl sites for hydroxylation is 1. The van der Waals surface area contributed by atoms with Crippen LogP contribution >= 0.6 is 0 Å². The van der Waals surface area contributed by atoms with Crippen molar-refractivity contribution in [1.82, 2.24) is 24.5 Å². The summed E-state index contributed by atoms with van der Waals surface area (Å²) >= 11 is 0. The van der Waals surface area contributed by atoms with Crippen molar-refractivity contribution in [2.75, 3.05) is 19.0 Å². The molecular formula is C18H21FN6. The van der Waals surface area contributed by atoms with Gasteiger partial charge in [0.05, 0.1) is 12.2 Å². The number of imidazole rings is 1. The summed E-state index contributed by atoms with van der Waals surface area (Å²) < 4.78 is 15.3. The minimum atomic E-state index is -0.519. The van der Waals surface area contributed by atoms with Crippen LogP contribution in [0.1, 0.15) is 24.9 Å². The van der Waals surface area contributed by atoms with Crippen LogP contribution in [0.25, 0.3) is 11.5 Å². The number of nitrogens with zero attached hydrogens (tertiary/aromatic N) is 6. The zero-order valence-corrected chi connectivity index (χ0v) is 14.6. The van der Waals surface area contributed by atoms with E-state index in [2.05, 4.69) is 26.9 Å². The van der Waals surface area contributed by atoms with E-state index in [4.69, 9.17) is 0 Å². The fraction of sp³-hybridized carbons (Fsp3) is 0.333. The van der Waals surface area contributed by atoms with Gasteiger partial charge >= 0.3 is 0 Å². The lowest BCUT2D eigenvalue weighted by molar-refractivity contribution is 0.584. The molecular weight excluding hydrogens is 319 g/mol. The third-order valence-electron chi connectivity index (χ3n) is 3.74.